The first-order valence-electron chi connectivity index (χ1n) is 5.56. The van der Waals surface area contributed by atoms with E-state index < -0.39 is 0 Å². The van der Waals surface area contributed by atoms with Crippen LogP contribution in [-0.4, -0.2) is 24.7 Å². The molecular weight excluding hydrogens is 393 g/mol. The molecule has 0 saturated carbocycles. The summed E-state index contributed by atoms with van der Waals surface area (Å²) < 4.78 is 8.12. The lowest BCUT2D eigenvalue weighted by atomic mass is 10.3. The van der Waals surface area contributed by atoms with Crippen LogP contribution in [0.4, 0.5) is 0 Å². The van der Waals surface area contributed by atoms with E-state index in [0.717, 1.165) is 3.57 Å². The van der Waals surface area contributed by atoms with Gasteiger partial charge in [-0.15, -0.1) is 0 Å². The summed E-state index contributed by atoms with van der Waals surface area (Å²) in [6.07, 6.45) is 3.33. The maximum absolute atomic E-state index is 5.88. The molecule has 0 atom stereocenters. The predicted octanol–water partition coefficient (Wildman–Crippen LogP) is 3.11. The van der Waals surface area contributed by atoms with Gasteiger partial charge in [0.15, 0.2) is 0 Å². The zero-order valence-electron chi connectivity index (χ0n) is 9.94. The monoisotopic (exact) mass is 399 g/mol. The molecule has 20 heavy (non-hydrogen) atoms. The van der Waals surface area contributed by atoms with Crippen molar-refractivity contribution in [3.05, 3.63) is 51.6 Å². The molecule has 0 aliphatic heterocycles. The summed E-state index contributed by atoms with van der Waals surface area (Å²) in [5, 5.41) is 4.09. The van der Waals surface area contributed by atoms with Crippen LogP contribution >= 0.6 is 34.2 Å². The third-order valence-electron chi connectivity index (χ3n) is 2.29. The van der Waals surface area contributed by atoms with Crippen molar-refractivity contribution in [1.82, 2.24) is 24.7 Å². The van der Waals surface area contributed by atoms with E-state index in [-0.39, 0.29) is 11.3 Å². The standard InChI is InChI=1S/C12H7ClIN5O/c13-10-16-11(19-6-2-5-15-19)18-12(17-10)20-9-4-1-3-8(14)7-9/h1-7H. The summed E-state index contributed by atoms with van der Waals surface area (Å²) >= 11 is 8.08. The fourth-order valence-corrected chi connectivity index (χ4v) is 2.16. The molecule has 1 aromatic carbocycles. The highest BCUT2D eigenvalue weighted by atomic mass is 127. The van der Waals surface area contributed by atoms with E-state index in [1.54, 1.807) is 18.5 Å². The van der Waals surface area contributed by atoms with Gasteiger partial charge < -0.3 is 4.74 Å². The average Bonchev–Trinajstić information content (AvgIpc) is 2.91. The van der Waals surface area contributed by atoms with Crippen molar-refractivity contribution >= 4 is 34.2 Å². The lowest BCUT2D eigenvalue weighted by molar-refractivity contribution is 0.437. The minimum Gasteiger partial charge on any atom is -0.424 e. The third kappa shape index (κ3) is 3.05. The highest BCUT2D eigenvalue weighted by molar-refractivity contribution is 14.1. The van der Waals surface area contributed by atoms with Crippen LogP contribution in [0.2, 0.25) is 5.28 Å². The number of hydrogen-bond donors (Lipinski definition) is 0. The van der Waals surface area contributed by atoms with Gasteiger partial charge in [-0.3, -0.25) is 0 Å². The molecule has 0 fully saturated rings. The number of rotatable bonds is 3. The van der Waals surface area contributed by atoms with Crippen molar-refractivity contribution in [2.24, 2.45) is 0 Å². The molecule has 2 aromatic heterocycles. The Morgan fingerprint density at radius 1 is 1.15 bits per heavy atom. The van der Waals surface area contributed by atoms with Crippen molar-refractivity contribution in [1.29, 1.82) is 0 Å². The summed E-state index contributed by atoms with van der Waals surface area (Å²) in [5.41, 5.74) is 0. The van der Waals surface area contributed by atoms with Crippen molar-refractivity contribution < 1.29 is 4.74 Å². The van der Waals surface area contributed by atoms with Gasteiger partial charge in [-0.2, -0.15) is 20.1 Å². The van der Waals surface area contributed by atoms with Gasteiger partial charge in [0.1, 0.15) is 5.75 Å². The minimum absolute atomic E-state index is 0.0473. The highest BCUT2D eigenvalue weighted by Gasteiger charge is 2.09. The van der Waals surface area contributed by atoms with Gasteiger partial charge in [0.2, 0.25) is 5.28 Å². The smallest absolute Gasteiger partial charge is 0.328 e. The molecule has 0 N–H and O–H groups in total. The molecule has 0 unspecified atom stereocenters. The molecule has 0 spiro atoms. The van der Waals surface area contributed by atoms with Gasteiger partial charge in [-0.05, 0) is 58.5 Å². The van der Waals surface area contributed by atoms with Gasteiger partial charge in [0, 0.05) is 16.0 Å². The van der Waals surface area contributed by atoms with Crippen molar-refractivity contribution in [2.75, 3.05) is 0 Å². The summed E-state index contributed by atoms with van der Waals surface area (Å²) in [6.45, 7) is 0. The van der Waals surface area contributed by atoms with E-state index in [0.29, 0.717) is 11.7 Å². The number of hydrogen-bond acceptors (Lipinski definition) is 5. The first-order chi connectivity index (χ1) is 9.70. The van der Waals surface area contributed by atoms with Crippen LogP contribution in [0.3, 0.4) is 0 Å². The number of nitrogens with zero attached hydrogens (tertiary/aromatic N) is 5. The van der Waals surface area contributed by atoms with Crippen molar-refractivity contribution in [3.8, 4) is 17.7 Å². The summed E-state index contributed by atoms with van der Waals surface area (Å²) in [7, 11) is 0. The Labute approximate surface area is 132 Å². The fraction of sp³-hybridized carbons (Fsp3) is 0. The second-order valence-electron chi connectivity index (χ2n) is 3.70. The van der Waals surface area contributed by atoms with Gasteiger partial charge >= 0.3 is 6.01 Å². The van der Waals surface area contributed by atoms with Gasteiger partial charge in [-0.1, -0.05) is 6.07 Å². The van der Waals surface area contributed by atoms with Gasteiger partial charge in [-0.25, -0.2) is 4.68 Å². The van der Waals surface area contributed by atoms with Crippen LogP contribution in [0.15, 0.2) is 42.7 Å². The maximum atomic E-state index is 5.88. The van der Waals surface area contributed by atoms with E-state index in [2.05, 4.69) is 42.6 Å². The van der Waals surface area contributed by atoms with E-state index >= 15 is 0 Å². The molecule has 6 nitrogen and oxygen atoms in total. The highest BCUT2D eigenvalue weighted by Crippen LogP contribution is 2.21. The van der Waals surface area contributed by atoms with Crippen LogP contribution in [0.5, 0.6) is 11.8 Å². The zero-order chi connectivity index (χ0) is 13.9. The van der Waals surface area contributed by atoms with Crippen LogP contribution in [0.25, 0.3) is 5.95 Å². The molecule has 2 heterocycles. The number of ether oxygens (including phenoxy) is 1. The Hall–Kier alpha value is -1.74. The van der Waals surface area contributed by atoms with E-state index in [1.807, 2.05) is 24.3 Å². The Morgan fingerprint density at radius 2 is 2.05 bits per heavy atom. The number of halogens is 2. The minimum atomic E-state index is 0.0473. The lowest BCUT2D eigenvalue weighted by Crippen LogP contribution is -2.05. The summed E-state index contributed by atoms with van der Waals surface area (Å²) in [6, 6.07) is 9.41. The topological polar surface area (TPSA) is 65.7 Å². The SMILES string of the molecule is Clc1nc(Oc2cccc(I)c2)nc(-n2cccn2)n1. The number of benzene rings is 1. The Balaban J connectivity index is 1.94. The second-order valence-corrected chi connectivity index (χ2v) is 5.28. The van der Waals surface area contributed by atoms with Crippen LogP contribution < -0.4 is 4.74 Å². The molecule has 3 rings (SSSR count). The quantitative estimate of drug-likeness (QED) is 0.633. The Bertz CT molecular complexity index is 734. The first-order valence-corrected chi connectivity index (χ1v) is 7.01. The molecule has 0 aliphatic carbocycles. The molecule has 0 bridgehead atoms. The zero-order valence-corrected chi connectivity index (χ0v) is 12.9. The summed E-state index contributed by atoms with van der Waals surface area (Å²) in [4.78, 5) is 12.1. The fourth-order valence-electron chi connectivity index (χ4n) is 1.49. The first kappa shape index (κ1) is 13.3. The second kappa shape index (κ2) is 5.71. The molecular formula is C12H7ClIN5O. The average molecular weight is 400 g/mol. The normalized spacial score (nSPS) is 10.5. The molecule has 0 amide bonds. The molecule has 3 aromatic rings. The van der Waals surface area contributed by atoms with Crippen LogP contribution in [0, 0.1) is 3.57 Å². The number of aromatic nitrogens is 5. The van der Waals surface area contributed by atoms with E-state index in [4.69, 9.17) is 16.3 Å². The molecule has 0 radical (unpaired) electrons. The van der Waals surface area contributed by atoms with E-state index in [9.17, 15) is 0 Å². The van der Waals surface area contributed by atoms with Crippen molar-refractivity contribution in [2.45, 2.75) is 0 Å². The Morgan fingerprint density at radius 3 is 2.80 bits per heavy atom. The van der Waals surface area contributed by atoms with Gasteiger partial charge in [0.25, 0.3) is 5.95 Å². The van der Waals surface area contributed by atoms with E-state index in [1.165, 1.54) is 4.68 Å². The lowest BCUT2D eigenvalue weighted by Gasteiger charge is -2.06. The van der Waals surface area contributed by atoms with Gasteiger partial charge in [0.05, 0.1) is 0 Å². The third-order valence-corrected chi connectivity index (χ3v) is 3.13. The molecule has 0 saturated heterocycles. The van der Waals surface area contributed by atoms with Crippen LogP contribution in [0.1, 0.15) is 0 Å². The predicted molar refractivity (Wildman–Crippen MR) is 81.2 cm³/mol. The molecule has 0 aliphatic rings. The van der Waals surface area contributed by atoms with Crippen molar-refractivity contribution in [3.63, 3.8) is 0 Å². The summed E-state index contributed by atoms with van der Waals surface area (Å²) in [5.74, 6) is 0.932. The van der Waals surface area contributed by atoms with Crippen LogP contribution in [-0.2, 0) is 0 Å². The molecule has 8 heteroatoms. The maximum Gasteiger partial charge on any atom is 0.328 e. The molecule has 100 valence electrons. The Kier molecular flexibility index (Phi) is 3.79. The largest absolute Gasteiger partial charge is 0.424 e.